The Morgan fingerprint density at radius 3 is 2.10 bits per heavy atom. The molecule has 0 aromatic heterocycles. The molecular formula is C6H12BNO2. The maximum atomic E-state index is 8.71. The largest absolute Gasteiger partial charge is 0.505 e. The minimum atomic E-state index is -1.42. The van der Waals surface area contributed by atoms with Gasteiger partial charge in [-0.3, -0.25) is 0 Å². The van der Waals surface area contributed by atoms with Crippen LogP contribution in [0.15, 0.2) is 24.3 Å². The van der Waals surface area contributed by atoms with E-state index in [2.05, 4.69) is 6.58 Å². The highest BCUT2D eigenvalue weighted by atomic mass is 16.4. The zero-order valence-corrected chi connectivity index (χ0v) is 6.28. The van der Waals surface area contributed by atoms with Crippen molar-refractivity contribution in [2.75, 3.05) is 14.1 Å². The van der Waals surface area contributed by atoms with E-state index in [0.29, 0.717) is 5.60 Å². The Hall–Kier alpha value is -0.735. The third kappa shape index (κ3) is 2.71. The lowest BCUT2D eigenvalue weighted by Gasteiger charge is -2.15. The van der Waals surface area contributed by atoms with Gasteiger partial charge in [0, 0.05) is 19.7 Å². The molecule has 0 atom stereocenters. The highest BCUT2D eigenvalue weighted by Gasteiger charge is 2.14. The van der Waals surface area contributed by atoms with Gasteiger partial charge in [0.05, 0.1) is 0 Å². The molecule has 0 aromatic carbocycles. The van der Waals surface area contributed by atoms with Crippen LogP contribution in [-0.2, 0) is 0 Å². The average molecular weight is 141 g/mol. The van der Waals surface area contributed by atoms with Crippen molar-refractivity contribution in [1.82, 2.24) is 4.90 Å². The molecule has 0 amide bonds. The summed E-state index contributed by atoms with van der Waals surface area (Å²) in [5.74, 6) is 0. The van der Waals surface area contributed by atoms with E-state index in [9.17, 15) is 0 Å². The first-order valence-electron chi connectivity index (χ1n) is 2.95. The van der Waals surface area contributed by atoms with Gasteiger partial charge in [-0.1, -0.05) is 12.7 Å². The van der Waals surface area contributed by atoms with Crippen molar-refractivity contribution >= 4 is 7.12 Å². The first kappa shape index (κ1) is 9.26. The van der Waals surface area contributed by atoms with Gasteiger partial charge in [0.1, 0.15) is 0 Å². The molecule has 0 bridgehead atoms. The summed E-state index contributed by atoms with van der Waals surface area (Å²) in [5.41, 5.74) is 0.426. The van der Waals surface area contributed by atoms with E-state index in [-0.39, 0.29) is 0 Å². The number of hydrogen-bond donors (Lipinski definition) is 2. The topological polar surface area (TPSA) is 43.7 Å². The molecule has 0 aliphatic rings. The third-order valence-electron chi connectivity index (χ3n) is 1.07. The van der Waals surface area contributed by atoms with Gasteiger partial charge in [-0.2, -0.15) is 0 Å². The molecule has 4 heteroatoms. The Morgan fingerprint density at radius 1 is 1.50 bits per heavy atom. The van der Waals surface area contributed by atoms with Crippen LogP contribution in [0.2, 0.25) is 0 Å². The molecule has 0 radical (unpaired) electrons. The predicted octanol–water partition coefficient (Wildman–Crippen LogP) is -0.370. The van der Waals surface area contributed by atoms with E-state index < -0.39 is 7.12 Å². The van der Waals surface area contributed by atoms with Gasteiger partial charge in [0.25, 0.3) is 0 Å². The highest BCUT2D eigenvalue weighted by molar-refractivity contribution is 6.50. The Kier molecular flexibility index (Phi) is 3.84. The number of hydrogen-bond acceptors (Lipinski definition) is 3. The van der Waals surface area contributed by atoms with E-state index >= 15 is 0 Å². The van der Waals surface area contributed by atoms with Crippen LogP contribution in [0.1, 0.15) is 0 Å². The van der Waals surface area contributed by atoms with Crippen LogP contribution in [-0.4, -0.2) is 36.2 Å². The summed E-state index contributed by atoms with van der Waals surface area (Å²) < 4.78 is 0. The first-order chi connectivity index (χ1) is 4.59. The fraction of sp³-hybridized carbons (Fsp3) is 0.333. The predicted molar refractivity (Wildman–Crippen MR) is 42.2 cm³/mol. The van der Waals surface area contributed by atoms with E-state index in [1.54, 1.807) is 25.1 Å². The molecule has 0 saturated heterocycles. The van der Waals surface area contributed by atoms with Crippen LogP contribution >= 0.6 is 0 Å². The molecule has 56 valence electrons. The lowest BCUT2D eigenvalue weighted by molar-refractivity contribution is 0.389. The Bertz CT molecular complexity index is 133. The minimum absolute atomic E-state index is 0.426. The summed E-state index contributed by atoms with van der Waals surface area (Å²) in [5, 5.41) is 17.4. The van der Waals surface area contributed by atoms with Crippen molar-refractivity contribution in [1.29, 1.82) is 0 Å². The summed E-state index contributed by atoms with van der Waals surface area (Å²) >= 11 is 0. The van der Waals surface area contributed by atoms with E-state index in [1.165, 1.54) is 6.08 Å². The van der Waals surface area contributed by atoms with Crippen LogP contribution in [0.25, 0.3) is 0 Å². The van der Waals surface area contributed by atoms with Crippen molar-refractivity contribution < 1.29 is 10.0 Å². The molecule has 2 N–H and O–H groups in total. The highest BCUT2D eigenvalue weighted by Crippen LogP contribution is 1.98. The van der Waals surface area contributed by atoms with Crippen LogP contribution in [0.5, 0.6) is 0 Å². The molecule has 0 aliphatic carbocycles. The van der Waals surface area contributed by atoms with Gasteiger partial charge in [-0.15, -0.1) is 0 Å². The standard InChI is InChI=1S/C6H12BNO2/c1-4-5-6(7(9)10)8(2)3/h4-5,9-10H,1H2,2-3H3/b6-5-. The number of nitrogens with zero attached hydrogens (tertiary/aromatic N) is 1. The summed E-state index contributed by atoms with van der Waals surface area (Å²) in [6.45, 7) is 3.44. The molecular weight excluding hydrogens is 129 g/mol. The Labute approximate surface area is 61.4 Å². The minimum Gasteiger partial charge on any atom is -0.422 e. The maximum Gasteiger partial charge on any atom is 0.505 e. The van der Waals surface area contributed by atoms with Crippen molar-refractivity contribution in [3.05, 3.63) is 24.3 Å². The van der Waals surface area contributed by atoms with Gasteiger partial charge in [-0.05, 0) is 6.08 Å². The smallest absolute Gasteiger partial charge is 0.422 e. The van der Waals surface area contributed by atoms with Crippen molar-refractivity contribution in [2.45, 2.75) is 0 Å². The second-order valence-corrected chi connectivity index (χ2v) is 2.10. The lowest BCUT2D eigenvalue weighted by atomic mass is 9.84. The normalized spacial score (nSPS) is 11.0. The number of rotatable bonds is 3. The van der Waals surface area contributed by atoms with Crippen LogP contribution in [0.3, 0.4) is 0 Å². The maximum absolute atomic E-state index is 8.71. The molecule has 0 rings (SSSR count). The fourth-order valence-corrected chi connectivity index (χ4v) is 0.587. The first-order valence-corrected chi connectivity index (χ1v) is 2.95. The van der Waals surface area contributed by atoms with Gasteiger partial charge in [0.15, 0.2) is 0 Å². The van der Waals surface area contributed by atoms with E-state index in [4.69, 9.17) is 10.0 Å². The van der Waals surface area contributed by atoms with Crippen molar-refractivity contribution in [3.8, 4) is 0 Å². The lowest BCUT2D eigenvalue weighted by Crippen LogP contribution is -2.26. The number of allylic oxidation sites excluding steroid dienone is 2. The monoisotopic (exact) mass is 141 g/mol. The Balaban J connectivity index is 4.26. The van der Waals surface area contributed by atoms with E-state index in [0.717, 1.165) is 0 Å². The molecule has 0 aromatic rings. The molecule has 0 saturated carbocycles. The zero-order chi connectivity index (χ0) is 8.15. The molecule has 3 nitrogen and oxygen atoms in total. The molecule has 0 unspecified atom stereocenters. The quantitative estimate of drug-likeness (QED) is 0.416. The third-order valence-corrected chi connectivity index (χ3v) is 1.07. The molecule has 10 heavy (non-hydrogen) atoms. The van der Waals surface area contributed by atoms with Gasteiger partial charge in [0.2, 0.25) is 0 Å². The van der Waals surface area contributed by atoms with Gasteiger partial charge < -0.3 is 14.9 Å². The summed E-state index contributed by atoms with van der Waals surface area (Å²) in [6.07, 6.45) is 3.06. The molecule has 0 heterocycles. The molecule has 0 fully saturated rings. The summed E-state index contributed by atoms with van der Waals surface area (Å²) in [6, 6.07) is 0. The van der Waals surface area contributed by atoms with Crippen molar-refractivity contribution in [2.24, 2.45) is 0 Å². The Morgan fingerprint density at radius 2 is 2.00 bits per heavy atom. The zero-order valence-electron chi connectivity index (χ0n) is 6.28. The molecule has 0 spiro atoms. The molecule has 0 aliphatic heterocycles. The summed E-state index contributed by atoms with van der Waals surface area (Å²) in [4.78, 5) is 1.62. The van der Waals surface area contributed by atoms with Crippen LogP contribution < -0.4 is 0 Å². The van der Waals surface area contributed by atoms with Gasteiger partial charge >= 0.3 is 7.12 Å². The van der Waals surface area contributed by atoms with Crippen LogP contribution in [0.4, 0.5) is 0 Å². The second-order valence-electron chi connectivity index (χ2n) is 2.10. The summed E-state index contributed by atoms with van der Waals surface area (Å²) in [7, 11) is 2.04. The average Bonchev–Trinajstić information content (AvgIpc) is 1.81. The SMILES string of the molecule is C=C/C=C(/B(O)O)N(C)C. The fourth-order valence-electron chi connectivity index (χ4n) is 0.587. The van der Waals surface area contributed by atoms with E-state index in [1.807, 2.05) is 0 Å². The van der Waals surface area contributed by atoms with Crippen molar-refractivity contribution in [3.63, 3.8) is 0 Å². The second kappa shape index (κ2) is 4.14. The van der Waals surface area contributed by atoms with Gasteiger partial charge in [-0.25, -0.2) is 0 Å². The van der Waals surface area contributed by atoms with Crippen LogP contribution in [0, 0.1) is 0 Å².